The van der Waals surface area contributed by atoms with Crippen molar-refractivity contribution in [1.82, 2.24) is 9.78 Å². The molecule has 0 fully saturated rings. The van der Waals surface area contributed by atoms with Gasteiger partial charge in [0.2, 0.25) is 0 Å². The van der Waals surface area contributed by atoms with Gasteiger partial charge in [-0.2, -0.15) is 5.10 Å². The average molecular weight is 151 g/mol. The summed E-state index contributed by atoms with van der Waals surface area (Å²) in [6, 6.07) is 1.97. The van der Waals surface area contributed by atoms with Crippen molar-refractivity contribution in [2.45, 2.75) is 20.8 Å². The Balaban J connectivity index is 2.98. The molecule has 0 aromatic carbocycles. The van der Waals surface area contributed by atoms with Crippen LogP contribution in [0.3, 0.4) is 0 Å². The van der Waals surface area contributed by atoms with E-state index < -0.39 is 0 Å². The minimum Gasteiger partial charge on any atom is -0.271 e. The molecule has 0 spiro atoms. The maximum absolute atomic E-state index is 4.23. The first-order chi connectivity index (χ1) is 5.09. The number of nitrogens with zero attached hydrogens (tertiary/aromatic N) is 3. The van der Waals surface area contributed by atoms with E-state index in [2.05, 4.69) is 10.1 Å². The third-order valence-corrected chi connectivity index (χ3v) is 1.44. The Hall–Kier alpha value is -1.12. The van der Waals surface area contributed by atoms with Gasteiger partial charge >= 0.3 is 0 Å². The van der Waals surface area contributed by atoms with Gasteiger partial charge in [0.15, 0.2) is 5.82 Å². The van der Waals surface area contributed by atoms with Gasteiger partial charge in [-0.05, 0) is 20.8 Å². The van der Waals surface area contributed by atoms with Crippen LogP contribution in [-0.2, 0) is 7.05 Å². The number of aliphatic imine (C=N–C) groups is 1. The van der Waals surface area contributed by atoms with Crippen LogP contribution >= 0.6 is 0 Å². The lowest BCUT2D eigenvalue weighted by Crippen LogP contribution is -1.91. The van der Waals surface area contributed by atoms with Gasteiger partial charge in [-0.3, -0.25) is 4.68 Å². The smallest absolute Gasteiger partial charge is 0.173 e. The van der Waals surface area contributed by atoms with E-state index in [0.717, 1.165) is 17.2 Å². The van der Waals surface area contributed by atoms with Gasteiger partial charge in [-0.25, -0.2) is 4.99 Å². The predicted molar refractivity (Wildman–Crippen MR) is 46.4 cm³/mol. The Morgan fingerprint density at radius 2 is 2.18 bits per heavy atom. The fourth-order valence-corrected chi connectivity index (χ4v) is 0.825. The number of rotatable bonds is 1. The zero-order valence-electron chi connectivity index (χ0n) is 7.42. The summed E-state index contributed by atoms with van der Waals surface area (Å²) >= 11 is 0. The van der Waals surface area contributed by atoms with Crippen molar-refractivity contribution in [2.75, 3.05) is 0 Å². The second-order valence-electron chi connectivity index (χ2n) is 2.83. The Kier molecular flexibility index (Phi) is 2.08. The molecule has 0 aliphatic rings. The lowest BCUT2D eigenvalue weighted by Gasteiger charge is -1.88. The second kappa shape index (κ2) is 2.86. The molecule has 11 heavy (non-hydrogen) atoms. The van der Waals surface area contributed by atoms with Crippen molar-refractivity contribution >= 4 is 11.5 Å². The predicted octanol–water partition coefficient (Wildman–Crippen LogP) is 1.84. The normalized spacial score (nSPS) is 9.82. The quantitative estimate of drug-likeness (QED) is 0.563. The highest BCUT2D eigenvalue weighted by Gasteiger charge is 1.97. The first kappa shape index (κ1) is 7.98. The summed E-state index contributed by atoms with van der Waals surface area (Å²) in [6.07, 6.45) is 0. The summed E-state index contributed by atoms with van der Waals surface area (Å²) in [7, 11) is 1.92. The summed E-state index contributed by atoms with van der Waals surface area (Å²) in [6.45, 7) is 5.94. The maximum Gasteiger partial charge on any atom is 0.173 e. The summed E-state index contributed by atoms with van der Waals surface area (Å²) < 4.78 is 1.82. The van der Waals surface area contributed by atoms with Gasteiger partial charge < -0.3 is 0 Å². The second-order valence-corrected chi connectivity index (χ2v) is 2.83. The van der Waals surface area contributed by atoms with Gasteiger partial charge in [-0.15, -0.1) is 0 Å². The molecule has 1 aromatic rings. The van der Waals surface area contributed by atoms with Gasteiger partial charge in [-0.1, -0.05) is 0 Å². The number of aryl methyl sites for hydroxylation is 2. The summed E-state index contributed by atoms with van der Waals surface area (Å²) in [5.74, 6) is 0.796. The molecule has 0 unspecified atom stereocenters. The Bertz CT molecular complexity index is 260. The van der Waals surface area contributed by atoms with E-state index in [4.69, 9.17) is 0 Å². The molecule has 0 aliphatic heterocycles. The number of hydrogen-bond acceptors (Lipinski definition) is 2. The van der Waals surface area contributed by atoms with Crippen molar-refractivity contribution in [3.63, 3.8) is 0 Å². The zero-order valence-corrected chi connectivity index (χ0v) is 7.42. The highest BCUT2D eigenvalue weighted by Crippen LogP contribution is 2.10. The average Bonchev–Trinajstić information content (AvgIpc) is 2.10. The third-order valence-electron chi connectivity index (χ3n) is 1.44. The minimum atomic E-state index is 0.796. The van der Waals surface area contributed by atoms with Crippen molar-refractivity contribution < 1.29 is 0 Å². The molecule has 0 radical (unpaired) electrons. The van der Waals surface area contributed by atoms with Crippen LogP contribution < -0.4 is 0 Å². The van der Waals surface area contributed by atoms with Crippen LogP contribution in [0.4, 0.5) is 5.82 Å². The summed E-state index contributed by atoms with van der Waals surface area (Å²) in [4.78, 5) is 4.23. The molecule has 60 valence electrons. The van der Waals surface area contributed by atoms with Gasteiger partial charge in [0.1, 0.15) is 0 Å². The van der Waals surface area contributed by atoms with Crippen molar-refractivity contribution in [3.8, 4) is 0 Å². The van der Waals surface area contributed by atoms with E-state index in [1.54, 1.807) is 0 Å². The monoisotopic (exact) mass is 151 g/mol. The van der Waals surface area contributed by atoms with Crippen molar-refractivity contribution in [1.29, 1.82) is 0 Å². The minimum absolute atomic E-state index is 0.796. The van der Waals surface area contributed by atoms with E-state index in [0.29, 0.717) is 0 Å². The van der Waals surface area contributed by atoms with Gasteiger partial charge in [0, 0.05) is 24.5 Å². The maximum atomic E-state index is 4.23. The standard InChI is InChI=1S/C8H13N3/c1-6(2)9-8-5-7(3)11(4)10-8/h5H,1-4H3. The van der Waals surface area contributed by atoms with E-state index in [9.17, 15) is 0 Å². The van der Waals surface area contributed by atoms with Crippen LogP contribution in [-0.4, -0.2) is 15.5 Å². The topological polar surface area (TPSA) is 30.2 Å². The van der Waals surface area contributed by atoms with Crippen LogP contribution in [0.5, 0.6) is 0 Å². The molecule has 1 rings (SSSR count). The van der Waals surface area contributed by atoms with E-state index in [1.807, 2.05) is 38.6 Å². The fourth-order valence-electron chi connectivity index (χ4n) is 0.825. The SMILES string of the molecule is CC(C)=Nc1cc(C)n(C)n1. The molecule has 0 bridgehead atoms. The molecule has 0 saturated carbocycles. The van der Waals surface area contributed by atoms with Gasteiger partial charge in [0.25, 0.3) is 0 Å². The van der Waals surface area contributed by atoms with E-state index in [-0.39, 0.29) is 0 Å². The largest absolute Gasteiger partial charge is 0.271 e. The number of aromatic nitrogens is 2. The summed E-state index contributed by atoms with van der Waals surface area (Å²) in [5, 5.41) is 4.18. The van der Waals surface area contributed by atoms with Crippen LogP contribution in [0.15, 0.2) is 11.1 Å². The molecular formula is C8H13N3. The lowest BCUT2D eigenvalue weighted by atomic mass is 10.4. The molecule has 1 heterocycles. The molecule has 3 nitrogen and oxygen atoms in total. The number of hydrogen-bond donors (Lipinski definition) is 0. The first-order valence-electron chi connectivity index (χ1n) is 3.62. The fraction of sp³-hybridized carbons (Fsp3) is 0.500. The van der Waals surface area contributed by atoms with E-state index in [1.165, 1.54) is 0 Å². The lowest BCUT2D eigenvalue weighted by molar-refractivity contribution is 0.741. The first-order valence-corrected chi connectivity index (χ1v) is 3.62. The Labute approximate surface area is 66.8 Å². The zero-order chi connectivity index (χ0) is 8.43. The molecule has 0 saturated heterocycles. The van der Waals surface area contributed by atoms with Gasteiger partial charge in [0.05, 0.1) is 0 Å². The molecule has 0 N–H and O–H groups in total. The van der Waals surface area contributed by atoms with Crippen molar-refractivity contribution in [2.24, 2.45) is 12.0 Å². The van der Waals surface area contributed by atoms with Crippen LogP contribution in [0.1, 0.15) is 19.5 Å². The highest BCUT2D eigenvalue weighted by atomic mass is 15.3. The van der Waals surface area contributed by atoms with Crippen LogP contribution in [0.2, 0.25) is 0 Å². The van der Waals surface area contributed by atoms with Crippen molar-refractivity contribution in [3.05, 3.63) is 11.8 Å². The third kappa shape index (κ3) is 1.90. The Morgan fingerprint density at radius 3 is 2.55 bits per heavy atom. The van der Waals surface area contributed by atoms with Crippen LogP contribution in [0.25, 0.3) is 0 Å². The Morgan fingerprint density at radius 1 is 1.55 bits per heavy atom. The molecular weight excluding hydrogens is 138 g/mol. The molecule has 0 atom stereocenters. The molecule has 3 heteroatoms. The summed E-state index contributed by atoms with van der Waals surface area (Å²) in [5.41, 5.74) is 2.16. The molecule has 1 aromatic heterocycles. The van der Waals surface area contributed by atoms with E-state index >= 15 is 0 Å². The highest BCUT2D eigenvalue weighted by molar-refractivity contribution is 5.81. The molecule has 0 amide bonds. The molecule has 0 aliphatic carbocycles. The van der Waals surface area contributed by atoms with Crippen LogP contribution in [0, 0.1) is 6.92 Å².